The van der Waals surface area contributed by atoms with Crippen molar-refractivity contribution in [2.75, 3.05) is 26.4 Å². The fourth-order valence-electron chi connectivity index (χ4n) is 2.96. The molecule has 2 rings (SSSR count). The minimum Gasteiger partial charge on any atom is -0.508 e. The fourth-order valence-corrected chi connectivity index (χ4v) is 4.22. The molecule has 0 spiro atoms. The van der Waals surface area contributed by atoms with Gasteiger partial charge in [0.25, 0.3) is 0 Å². The average Bonchev–Trinajstić information content (AvgIpc) is 2.85. The predicted molar refractivity (Wildman–Crippen MR) is 151 cm³/mol. The number of carbonyl (C=O) groups is 2. The molecule has 208 valence electrons. The summed E-state index contributed by atoms with van der Waals surface area (Å²) in [4.78, 5) is 21.9. The van der Waals surface area contributed by atoms with Crippen LogP contribution in [0.5, 0.6) is 11.5 Å². The maximum absolute atomic E-state index is 10.9. The van der Waals surface area contributed by atoms with E-state index in [4.69, 9.17) is 60.9 Å². The molecule has 0 aliphatic rings. The van der Waals surface area contributed by atoms with Crippen LogP contribution in [0.25, 0.3) is 0 Å². The van der Waals surface area contributed by atoms with E-state index in [0.717, 1.165) is 5.56 Å². The molecule has 0 amide bonds. The van der Waals surface area contributed by atoms with E-state index in [-0.39, 0.29) is 48.0 Å². The number of phenolic OH excluding ortho intramolecular Hbond substituents is 1. The van der Waals surface area contributed by atoms with Crippen molar-refractivity contribution in [3.8, 4) is 11.5 Å². The second kappa shape index (κ2) is 15.9. The van der Waals surface area contributed by atoms with E-state index in [2.05, 4.69) is 17.4 Å². The van der Waals surface area contributed by atoms with E-state index in [1.165, 1.54) is 6.07 Å². The first-order valence-electron chi connectivity index (χ1n) is 11.2. The molecular formula is C27H30Cl4O7. The predicted octanol–water partition coefficient (Wildman–Crippen LogP) is 7.45. The average molecular weight is 608 g/mol. The van der Waals surface area contributed by atoms with Gasteiger partial charge in [0.15, 0.2) is 5.75 Å². The Morgan fingerprint density at radius 3 is 1.76 bits per heavy atom. The van der Waals surface area contributed by atoms with Crippen molar-refractivity contribution >= 4 is 58.6 Å². The Bertz CT molecular complexity index is 1120. The van der Waals surface area contributed by atoms with Gasteiger partial charge >= 0.3 is 11.9 Å². The van der Waals surface area contributed by atoms with Crippen LogP contribution in [0, 0.1) is 0 Å². The largest absolute Gasteiger partial charge is 0.508 e. The van der Waals surface area contributed by atoms with Gasteiger partial charge in [0.1, 0.15) is 35.9 Å². The molecule has 7 nitrogen and oxygen atoms in total. The van der Waals surface area contributed by atoms with Crippen molar-refractivity contribution in [3.05, 3.63) is 80.8 Å². The lowest BCUT2D eigenvalue weighted by Crippen LogP contribution is -2.20. The number of hydrogen-bond acceptors (Lipinski definition) is 7. The third-order valence-corrected chi connectivity index (χ3v) is 6.36. The van der Waals surface area contributed by atoms with Crippen LogP contribution in [0.2, 0.25) is 15.1 Å². The van der Waals surface area contributed by atoms with Gasteiger partial charge in [0.05, 0.1) is 23.3 Å². The smallest absolute Gasteiger partial charge is 0.333 e. The van der Waals surface area contributed by atoms with E-state index in [0.29, 0.717) is 21.7 Å². The van der Waals surface area contributed by atoms with Crippen molar-refractivity contribution in [1.82, 2.24) is 0 Å². The Labute approximate surface area is 243 Å². The minimum atomic E-state index is -0.518. The molecule has 0 fully saturated rings. The minimum absolute atomic E-state index is 0.153. The number of ether oxygens (including phenoxy) is 3. The summed E-state index contributed by atoms with van der Waals surface area (Å²) in [7, 11) is 0. The molecule has 0 heterocycles. The second-order valence-corrected chi connectivity index (χ2v) is 9.87. The molecule has 0 aliphatic heterocycles. The van der Waals surface area contributed by atoms with E-state index in [9.17, 15) is 14.7 Å². The Morgan fingerprint density at radius 2 is 1.34 bits per heavy atom. The second-order valence-electron chi connectivity index (χ2n) is 8.55. The van der Waals surface area contributed by atoms with Crippen molar-refractivity contribution < 1.29 is 33.2 Å². The third-order valence-electron chi connectivity index (χ3n) is 5.04. The third kappa shape index (κ3) is 10.0. The highest BCUT2D eigenvalue weighted by atomic mass is 35.5. The molecule has 0 saturated heterocycles. The first kappa shape index (κ1) is 33.6. The van der Waals surface area contributed by atoms with Crippen LogP contribution in [-0.2, 0) is 29.2 Å². The zero-order valence-electron chi connectivity index (χ0n) is 21.5. The molecular weight excluding hydrogens is 578 g/mol. The monoisotopic (exact) mass is 606 g/mol. The topological polar surface area (TPSA) is 91.3 Å². The Hall–Kier alpha value is -2.42. The molecule has 0 aromatic heterocycles. The van der Waals surface area contributed by atoms with Crippen molar-refractivity contribution in [1.29, 1.82) is 0 Å². The summed E-state index contributed by atoms with van der Waals surface area (Å²) < 4.78 is 19.3. The number of carbonyl (C=O) groups excluding carboxylic acids is 2. The molecule has 11 heteroatoms. The van der Waals surface area contributed by atoms with Gasteiger partial charge < -0.3 is 23.6 Å². The van der Waals surface area contributed by atoms with Crippen molar-refractivity contribution in [3.63, 3.8) is 0 Å². The van der Waals surface area contributed by atoms with E-state index < -0.39 is 17.4 Å². The number of hydrogen-bond donors (Lipinski definition) is 1. The summed E-state index contributed by atoms with van der Waals surface area (Å²) in [5, 5.41) is 10.3. The number of rotatable bonds is 11. The number of halogens is 4. The molecule has 0 saturated carbocycles. The quantitative estimate of drug-likeness (QED) is 0.123. The maximum atomic E-state index is 10.9. The highest BCUT2D eigenvalue weighted by Gasteiger charge is 2.31. The van der Waals surface area contributed by atoms with Crippen LogP contribution in [0.15, 0.2) is 54.6 Å². The van der Waals surface area contributed by atoms with Gasteiger partial charge in [-0.25, -0.2) is 9.59 Å². The first-order valence-corrected chi connectivity index (χ1v) is 12.7. The standard InChI is InChI=1S/C15H12Cl4O2.C12H18O5/c1-15(2,8-3-5-9(20)6-4-8)12-10(16)7-11(21-19)13(17)14(12)18;1-9(2)11(13)16-7-5-15-6-8-17-12(14)10(3)4/h3-7,20H,1-2H3;1,3,5-8H2,2,4H3. The summed E-state index contributed by atoms with van der Waals surface area (Å²) in [6.07, 6.45) is 0. The summed E-state index contributed by atoms with van der Waals surface area (Å²) in [5.41, 5.74) is 1.77. The molecule has 0 bridgehead atoms. The normalized spacial score (nSPS) is 10.6. The van der Waals surface area contributed by atoms with Gasteiger partial charge in [-0.1, -0.05) is 73.9 Å². The number of aromatic hydroxyl groups is 1. The van der Waals surface area contributed by atoms with Crippen LogP contribution >= 0.6 is 46.7 Å². The van der Waals surface area contributed by atoms with Crippen molar-refractivity contribution in [2.45, 2.75) is 33.1 Å². The molecule has 2 aromatic carbocycles. The summed E-state index contributed by atoms with van der Waals surface area (Å²) in [6.45, 7) is 14.8. The lowest BCUT2D eigenvalue weighted by Gasteiger charge is -2.29. The highest BCUT2D eigenvalue weighted by Crippen LogP contribution is 2.47. The molecule has 0 radical (unpaired) electrons. The Morgan fingerprint density at radius 1 is 0.868 bits per heavy atom. The summed E-state index contributed by atoms with van der Waals surface area (Å²) in [5.74, 6) is -0.487. The molecule has 1 N–H and O–H groups in total. The lowest BCUT2D eigenvalue weighted by atomic mass is 9.78. The maximum Gasteiger partial charge on any atom is 0.333 e. The molecule has 0 atom stereocenters. The van der Waals surface area contributed by atoms with Gasteiger partial charge in [-0.3, -0.25) is 0 Å². The van der Waals surface area contributed by atoms with Gasteiger partial charge in [0.2, 0.25) is 0 Å². The molecule has 2 aromatic rings. The SMILES string of the molecule is C=C(C)C(=O)OCCOCCOC(=O)C(=C)C.CC(C)(c1ccc(O)cc1)c1c(Cl)cc(OCl)c(Cl)c1Cl. The van der Waals surface area contributed by atoms with Crippen molar-refractivity contribution in [2.24, 2.45) is 0 Å². The molecule has 0 unspecified atom stereocenters. The Balaban J connectivity index is 0.000000391. The van der Waals surface area contributed by atoms with Crippen LogP contribution in [0.3, 0.4) is 0 Å². The van der Waals surface area contributed by atoms with E-state index in [1.54, 1.807) is 26.0 Å². The fraction of sp³-hybridized carbons (Fsp3) is 0.333. The molecule has 38 heavy (non-hydrogen) atoms. The van der Waals surface area contributed by atoms with Crippen LogP contribution in [0.4, 0.5) is 0 Å². The zero-order chi connectivity index (χ0) is 29.0. The molecule has 0 aliphatic carbocycles. The van der Waals surface area contributed by atoms with Crippen LogP contribution in [-0.4, -0.2) is 43.5 Å². The summed E-state index contributed by atoms with van der Waals surface area (Å²) in [6, 6.07) is 8.36. The Kier molecular flexibility index (Phi) is 14.0. The number of benzene rings is 2. The van der Waals surface area contributed by atoms with Gasteiger partial charge in [-0.2, -0.15) is 0 Å². The van der Waals surface area contributed by atoms with Crippen LogP contribution in [0.1, 0.15) is 38.8 Å². The van der Waals surface area contributed by atoms with E-state index in [1.807, 2.05) is 26.0 Å². The number of esters is 2. The van der Waals surface area contributed by atoms with Crippen LogP contribution < -0.4 is 4.29 Å². The van der Waals surface area contributed by atoms with Gasteiger partial charge in [0, 0.05) is 28.2 Å². The zero-order valence-corrected chi connectivity index (χ0v) is 24.6. The van der Waals surface area contributed by atoms with E-state index >= 15 is 0 Å². The number of phenols is 1. The lowest BCUT2D eigenvalue weighted by molar-refractivity contribution is -0.141. The first-order chi connectivity index (χ1) is 17.7. The highest BCUT2D eigenvalue weighted by molar-refractivity contribution is 6.45. The van der Waals surface area contributed by atoms with Gasteiger partial charge in [-0.15, -0.1) is 0 Å². The van der Waals surface area contributed by atoms with Gasteiger partial charge in [-0.05, 0) is 31.5 Å². The summed E-state index contributed by atoms with van der Waals surface area (Å²) >= 11 is 24.2.